The summed E-state index contributed by atoms with van der Waals surface area (Å²) >= 11 is 0. The number of hydrogen-bond donors (Lipinski definition) is 2. The van der Waals surface area contributed by atoms with Crippen LogP contribution in [0.3, 0.4) is 0 Å². The molecule has 0 aliphatic carbocycles. The first kappa shape index (κ1) is 16.5. The lowest BCUT2D eigenvalue weighted by molar-refractivity contribution is -0.138. The molecular formula is C18H18F3N3. The number of halogens is 3. The Morgan fingerprint density at radius 3 is 2.54 bits per heavy atom. The number of aromatic nitrogens is 2. The number of aryl methyl sites for hydroxylation is 1. The highest BCUT2D eigenvalue weighted by atomic mass is 19.4. The molecule has 0 saturated heterocycles. The van der Waals surface area contributed by atoms with E-state index in [0.717, 1.165) is 35.8 Å². The van der Waals surface area contributed by atoms with Gasteiger partial charge in [0.25, 0.3) is 0 Å². The zero-order valence-corrected chi connectivity index (χ0v) is 13.0. The van der Waals surface area contributed by atoms with Crippen molar-refractivity contribution in [2.24, 2.45) is 0 Å². The third-order valence-electron chi connectivity index (χ3n) is 3.84. The third kappa shape index (κ3) is 3.94. The van der Waals surface area contributed by atoms with Gasteiger partial charge in [-0.15, -0.1) is 0 Å². The molecule has 24 heavy (non-hydrogen) atoms. The molecule has 0 amide bonds. The molecule has 1 aromatic heterocycles. The molecule has 0 fully saturated rings. The van der Waals surface area contributed by atoms with Crippen molar-refractivity contribution in [3.8, 4) is 0 Å². The monoisotopic (exact) mass is 333 g/mol. The number of nitrogens with zero attached hydrogens (tertiary/aromatic N) is 1. The summed E-state index contributed by atoms with van der Waals surface area (Å²) in [6.45, 7) is 0.832. The topological polar surface area (TPSA) is 40.7 Å². The fraction of sp³-hybridized carbons (Fsp3) is 0.278. The number of benzene rings is 2. The quantitative estimate of drug-likeness (QED) is 0.660. The molecule has 0 atom stereocenters. The summed E-state index contributed by atoms with van der Waals surface area (Å²) in [5, 5.41) is 3.08. The molecule has 0 bridgehead atoms. The van der Waals surface area contributed by atoms with E-state index < -0.39 is 11.7 Å². The lowest BCUT2D eigenvalue weighted by Crippen LogP contribution is -2.19. The van der Waals surface area contributed by atoms with Crippen molar-refractivity contribution >= 4 is 11.0 Å². The number of alkyl halides is 3. The largest absolute Gasteiger partial charge is 0.416 e. The molecule has 3 aromatic rings. The first-order valence-corrected chi connectivity index (χ1v) is 7.83. The van der Waals surface area contributed by atoms with Crippen molar-refractivity contribution in [2.45, 2.75) is 25.6 Å². The number of rotatable bonds is 6. The lowest BCUT2D eigenvalue weighted by Gasteiger charge is -2.13. The maximum atomic E-state index is 12.9. The summed E-state index contributed by atoms with van der Waals surface area (Å²) in [5.41, 5.74) is 1.63. The molecule has 0 aliphatic heterocycles. The van der Waals surface area contributed by atoms with Crippen molar-refractivity contribution in [2.75, 3.05) is 6.54 Å². The van der Waals surface area contributed by atoms with Crippen LogP contribution in [0.1, 0.15) is 23.4 Å². The zero-order chi connectivity index (χ0) is 17.0. The second-order valence-electron chi connectivity index (χ2n) is 5.64. The van der Waals surface area contributed by atoms with Gasteiger partial charge in [-0.2, -0.15) is 13.2 Å². The normalized spacial score (nSPS) is 12.0. The van der Waals surface area contributed by atoms with Gasteiger partial charge in [-0.3, -0.25) is 0 Å². The molecule has 0 aliphatic rings. The number of nitrogens with one attached hydrogen (secondary N) is 2. The van der Waals surface area contributed by atoms with Crippen LogP contribution in [0, 0.1) is 0 Å². The Morgan fingerprint density at radius 1 is 1.00 bits per heavy atom. The highest BCUT2D eigenvalue weighted by Crippen LogP contribution is 2.31. The molecule has 1 heterocycles. The molecule has 2 N–H and O–H groups in total. The first-order valence-electron chi connectivity index (χ1n) is 7.83. The predicted octanol–water partition coefficient (Wildman–Crippen LogP) is 4.30. The van der Waals surface area contributed by atoms with E-state index in [0.29, 0.717) is 6.54 Å². The summed E-state index contributed by atoms with van der Waals surface area (Å²) < 4.78 is 38.7. The van der Waals surface area contributed by atoms with Gasteiger partial charge in [0, 0.05) is 13.0 Å². The molecule has 3 nitrogen and oxygen atoms in total. The van der Waals surface area contributed by atoms with Crippen molar-refractivity contribution in [1.82, 2.24) is 15.3 Å². The fourth-order valence-electron chi connectivity index (χ4n) is 2.68. The van der Waals surface area contributed by atoms with Gasteiger partial charge in [0.1, 0.15) is 5.82 Å². The van der Waals surface area contributed by atoms with Gasteiger partial charge in [0.15, 0.2) is 0 Å². The van der Waals surface area contributed by atoms with Gasteiger partial charge in [0.05, 0.1) is 16.6 Å². The summed E-state index contributed by atoms with van der Waals surface area (Å²) in [5.74, 6) is 0.897. The van der Waals surface area contributed by atoms with Gasteiger partial charge in [-0.05, 0) is 36.7 Å². The third-order valence-corrected chi connectivity index (χ3v) is 3.84. The number of hydrogen-bond acceptors (Lipinski definition) is 2. The lowest BCUT2D eigenvalue weighted by atomic mass is 10.1. The van der Waals surface area contributed by atoms with Crippen LogP contribution in [0.5, 0.6) is 0 Å². The SMILES string of the molecule is FC(F)(F)c1ccccc1CNCCCc1nc2ccccc2[nH]1. The van der Waals surface area contributed by atoms with Crippen LogP contribution in [-0.2, 0) is 19.1 Å². The van der Waals surface area contributed by atoms with Gasteiger partial charge in [-0.25, -0.2) is 4.98 Å². The Bertz CT molecular complexity index is 775. The summed E-state index contributed by atoms with van der Waals surface area (Å²) in [4.78, 5) is 7.73. The van der Waals surface area contributed by atoms with E-state index in [2.05, 4.69) is 15.3 Å². The predicted molar refractivity (Wildman–Crippen MR) is 87.6 cm³/mol. The van der Waals surface area contributed by atoms with Crippen LogP contribution in [0.25, 0.3) is 11.0 Å². The van der Waals surface area contributed by atoms with E-state index in [9.17, 15) is 13.2 Å². The number of imidazole rings is 1. The van der Waals surface area contributed by atoms with Crippen molar-refractivity contribution < 1.29 is 13.2 Å². The Hall–Kier alpha value is -2.34. The molecule has 126 valence electrons. The van der Waals surface area contributed by atoms with Crippen LogP contribution in [0.15, 0.2) is 48.5 Å². The van der Waals surface area contributed by atoms with Crippen molar-refractivity contribution in [1.29, 1.82) is 0 Å². The number of H-pyrrole nitrogens is 1. The van der Waals surface area contributed by atoms with Gasteiger partial charge in [0.2, 0.25) is 0 Å². The minimum absolute atomic E-state index is 0.204. The number of aromatic amines is 1. The molecule has 2 aromatic carbocycles. The average molecular weight is 333 g/mol. The van der Waals surface area contributed by atoms with Gasteiger partial charge < -0.3 is 10.3 Å². The molecule has 3 rings (SSSR count). The molecular weight excluding hydrogens is 315 g/mol. The van der Waals surface area contributed by atoms with E-state index >= 15 is 0 Å². The van der Waals surface area contributed by atoms with Crippen molar-refractivity contribution in [3.63, 3.8) is 0 Å². The highest BCUT2D eigenvalue weighted by molar-refractivity contribution is 5.74. The number of fused-ring (bicyclic) bond motifs is 1. The fourth-order valence-corrected chi connectivity index (χ4v) is 2.68. The molecule has 0 saturated carbocycles. The maximum absolute atomic E-state index is 12.9. The molecule has 0 unspecified atom stereocenters. The number of para-hydroxylation sites is 2. The van der Waals surface area contributed by atoms with E-state index in [1.54, 1.807) is 6.07 Å². The Morgan fingerprint density at radius 2 is 1.75 bits per heavy atom. The van der Waals surface area contributed by atoms with Crippen LogP contribution < -0.4 is 5.32 Å². The summed E-state index contributed by atoms with van der Waals surface area (Å²) in [6.07, 6.45) is -2.76. The maximum Gasteiger partial charge on any atom is 0.416 e. The Labute approximate surface area is 137 Å². The molecule has 0 radical (unpaired) electrons. The van der Waals surface area contributed by atoms with Gasteiger partial charge >= 0.3 is 6.18 Å². The standard InChI is InChI=1S/C18H18F3N3/c19-18(20,21)14-7-2-1-6-13(14)12-22-11-5-10-17-23-15-8-3-4-9-16(15)24-17/h1-4,6-9,22H,5,10-12H2,(H,23,24). The minimum atomic E-state index is -4.31. The van der Waals surface area contributed by atoms with Crippen LogP contribution in [0.4, 0.5) is 13.2 Å². The van der Waals surface area contributed by atoms with E-state index in [4.69, 9.17) is 0 Å². The van der Waals surface area contributed by atoms with E-state index in [-0.39, 0.29) is 12.1 Å². The van der Waals surface area contributed by atoms with E-state index in [1.807, 2.05) is 24.3 Å². The summed E-state index contributed by atoms with van der Waals surface area (Å²) in [7, 11) is 0. The molecule has 6 heteroatoms. The summed E-state index contributed by atoms with van der Waals surface area (Å²) in [6, 6.07) is 13.5. The van der Waals surface area contributed by atoms with Crippen LogP contribution in [0.2, 0.25) is 0 Å². The second kappa shape index (κ2) is 7.05. The smallest absolute Gasteiger partial charge is 0.342 e. The second-order valence-corrected chi connectivity index (χ2v) is 5.64. The zero-order valence-electron chi connectivity index (χ0n) is 13.0. The molecule has 0 spiro atoms. The average Bonchev–Trinajstić information content (AvgIpc) is 2.97. The highest BCUT2D eigenvalue weighted by Gasteiger charge is 2.32. The first-order chi connectivity index (χ1) is 11.5. The van der Waals surface area contributed by atoms with Crippen LogP contribution in [-0.4, -0.2) is 16.5 Å². The van der Waals surface area contributed by atoms with Gasteiger partial charge in [-0.1, -0.05) is 30.3 Å². The Balaban J connectivity index is 1.49. The Kier molecular flexibility index (Phi) is 4.85. The van der Waals surface area contributed by atoms with E-state index in [1.165, 1.54) is 12.1 Å². The van der Waals surface area contributed by atoms with Crippen molar-refractivity contribution in [3.05, 3.63) is 65.5 Å². The minimum Gasteiger partial charge on any atom is -0.342 e. The van der Waals surface area contributed by atoms with Crippen LogP contribution >= 0.6 is 0 Å².